The molecule has 0 aliphatic carbocycles. The van der Waals surface area contributed by atoms with E-state index in [-0.39, 0.29) is 16.6 Å². The minimum atomic E-state index is -3.76. The molecule has 0 atom stereocenters. The topological polar surface area (TPSA) is 97.6 Å². The molecule has 0 amide bonds. The van der Waals surface area contributed by atoms with Gasteiger partial charge in [0, 0.05) is 42.6 Å². The molecule has 2 aromatic rings. The molecule has 0 aromatic heterocycles. The lowest BCUT2D eigenvalue weighted by molar-refractivity contribution is -0.387. The summed E-state index contributed by atoms with van der Waals surface area (Å²) >= 11 is 0. The maximum atomic E-state index is 13.0. The number of benzene rings is 2. The number of halogens is 1. The number of anilines is 1. The lowest BCUT2D eigenvalue weighted by Gasteiger charge is -2.33. The maximum absolute atomic E-state index is 13.0. The van der Waals surface area contributed by atoms with Gasteiger partial charge >= 0.3 is 0 Å². The van der Waals surface area contributed by atoms with Crippen molar-refractivity contribution in [1.29, 1.82) is 0 Å². The van der Waals surface area contributed by atoms with Crippen molar-refractivity contribution in [2.45, 2.75) is 17.7 Å². The number of rotatable bonds is 5. The molecule has 3 rings (SSSR count). The molecule has 1 fully saturated rings. The maximum Gasteiger partial charge on any atom is 0.288 e. The lowest BCUT2D eigenvalue weighted by atomic mass is 9.88. The van der Waals surface area contributed by atoms with E-state index in [2.05, 4.69) is 0 Å². The average Bonchev–Trinajstić information content (AvgIpc) is 2.67. The molecule has 0 saturated carbocycles. The second kappa shape index (κ2) is 7.67. The number of carbonyl (C=O) groups is 1. The molecule has 1 aliphatic heterocycles. The molecule has 0 radical (unpaired) electrons. The summed E-state index contributed by atoms with van der Waals surface area (Å²) in [7, 11) is -3.76. The van der Waals surface area contributed by atoms with Crippen LogP contribution in [0.5, 0.6) is 0 Å². The number of nitro groups is 1. The zero-order chi connectivity index (χ0) is 20.5. The number of ketones is 1. The molecule has 0 N–H and O–H groups in total. The van der Waals surface area contributed by atoms with Crippen LogP contribution in [0, 0.1) is 21.8 Å². The standard InChI is InChI=1S/C19H19FN2O5S/c1-28(26,27)18-12-16(6-7-17(18)22(24)25)21-10-8-14(9-11-21)19(23)13-2-4-15(20)5-3-13/h2-7,12,14H,8-11H2,1H3. The monoisotopic (exact) mass is 406 g/mol. The first kappa shape index (κ1) is 19.9. The van der Waals surface area contributed by atoms with Gasteiger partial charge in [0.05, 0.1) is 4.92 Å². The van der Waals surface area contributed by atoms with Crippen LogP contribution < -0.4 is 4.90 Å². The van der Waals surface area contributed by atoms with Crippen molar-refractivity contribution in [3.8, 4) is 0 Å². The molecule has 28 heavy (non-hydrogen) atoms. The third kappa shape index (κ3) is 4.19. The highest BCUT2D eigenvalue weighted by Gasteiger charge is 2.28. The Bertz CT molecular complexity index is 1010. The molecule has 0 bridgehead atoms. The fraction of sp³-hybridized carbons (Fsp3) is 0.316. The minimum Gasteiger partial charge on any atom is -0.371 e. The van der Waals surface area contributed by atoms with Gasteiger partial charge in [0.2, 0.25) is 0 Å². The fourth-order valence-corrected chi connectivity index (χ4v) is 4.25. The Kier molecular flexibility index (Phi) is 5.46. The minimum absolute atomic E-state index is 0.0415. The van der Waals surface area contributed by atoms with Crippen LogP contribution >= 0.6 is 0 Å². The van der Waals surface area contributed by atoms with Crippen molar-refractivity contribution in [1.82, 2.24) is 0 Å². The summed E-state index contributed by atoms with van der Waals surface area (Å²) < 4.78 is 36.9. The molecule has 9 heteroatoms. The van der Waals surface area contributed by atoms with Gasteiger partial charge in [-0.25, -0.2) is 12.8 Å². The van der Waals surface area contributed by atoms with Gasteiger partial charge in [0.25, 0.3) is 5.69 Å². The number of nitrogens with zero attached hydrogens (tertiary/aromatic N) is 2. The Labute approximate surface area is 161 Å². The average molecular weight is 406 g/mol. The summed E-state index contributed by atoms with van der Waals surface area (Å²) in [6, 6.07) is 9.49. The quantitative estimate of drug-likeness (QED) is 0.430. The number of piperidine rings is 1. The summed E-state index contributed by atoms with van der Waals surface area (Å²) in [4.78, 5) is 24.5. The van der Waals surface area contributed by atoms with Gasteiger partial charge in [0.15, 0.2) is 15.6 Å². The van der Waals surface area contributed by atoms with E-state index in [0.29, 0.717) is 37.2 Å². The Hall–Kier alpha value is -2.81. The number of carbonyl (C=O) groups excluding carboxylic acids is 1. The van der Waals surface area contributed by atoms with Gasteiger partial charge < -0.3 is 4.90 Å². The summed E-state index contributed by atoms with van der Waals surface area (Å²) in [5.41, 5.74) is 0.584. The lowest BCUT2D eigenvalue weighted by Crippen LogP contribution is -2.36. The molecule has 1 saturated heterocycles. The first-order valence-electron chi connectivity index (χ1n) is 8.70. The molecule has 148 valence electrons. The summed E-state index contributed by atoms with van der Waals surface area (Å²) in [5.74, 6) is -0.638. The summed E-state index contributed by atoms with van der Waals surface area (Å²) in [5, 5.41) is 11.1. The number of hydrogen-bond donors (Lipinski definition) is 0. The Morgan fingerprint density at radius 1 is 1.14 bits per heavy atom. The van der Waals surface area contributed by atoms with Crippen LogP contribution in [0.2, 0.25) is 0 Å². The third-order valence-corrected chi connectivity index (χ3v) is 6.03. The van der Waals surface area contributed by atoms with Crippen molar-refractivity contribution < 1.29 is 22.5 Å². The molecule has 0 spiro atoms. The van der Waals surface area contributed by atoms with E-state index >= 15 is 0 Å². The highest BCUT2D eigenvalue weighted by Crippen LogP contribution is 2.31. The van der Waals surface area contributed by atoms with Gasteiger partial charge in [0.1, 0.15) is 10.7 Å². The van der Waals surface area contributed by atoms with E-state index < -0.39 is 26.3 Å². The van der Waals surface area contributed by atoms with Crippen molar-refractivity contribution in [2.75, 3.05) is 24.2 Å². The molecule has 1 aliphatic rings. The smallest absolute Gasteiger partial charge is 0.288 e. The largest absolute Gasteiger partial charge is 0.371 e. The van der Waals surface area contributed by atoms with E-state index in [1.807, 2.05) is 4.90 Å². The number of nitro benzene ring substituents is 1. The molecule has 1 heterocycles. The zero-order valence-corrected chi connectivity index (χ0v) is 16.0. The van der Waals surface area contributed by atoms with Crippen LogP contribution in [0.15, 0.2) is 47.4 Å². The zero-order valence-electron chi connectivity index (χ0n) is 15.2. The van der Waals surface area contributed by atoms with E-state index in [4.69, 9.17) is 0 Å². The van der Waals surface area contributed by atoms with Crippen LogP contribution in [0.4, 0.5) is 15.8 Å². The van der Waals surface area contributed by atoms with Crippen molar-refractivity contribution in [3.63, 3.8) is 0 Å². The SMILES string of the molecule is CS(=O)(=O)c1cc(N2CCC(C(=O)c3ccc(F)cc3)CC2)ccc1[N+](=O)[O-]. The Morgan fingerprint density at radius 2 is 1.75 bits per heavy atom. The van der Waals surface area contributed by atoms with Gasteiger partial charge in [-0.05, 0) is 49.2 Å². The molecule has 2 aromatic carbocycles. The second-order valence-electron chi connectivity index (χ2n) is 6.81. The van der Waals surface area contributed by atoms with Crippen molar-refractivity contribution in [2.24, 2.45) is 5.92 Å². The number of hydrogen-bond acceptors (Lipinski definition) is 6. The van der Waals surface area contributed by atoms with E-state index in [1.165, 1.54) is 42.5 Å². The van der Waals surface area contributed by atoms with Crippen LogP contribution in [0.25, 0.3) is 0 Å². The fourth-order valence-electron chi connectivity index (χ4n) is 3.40. The van der Waals surface area contributed by atoms with Crippen LogP contribution in [0.3, 0.4) is 0 Å². The first-order valence-corrected chi connectivity index (χ1v) is 10.6. The Balaban J connectivity index is 1.75. The predicted molar refractivity (Wildman–Crippen MR) is 102 cm³/mol. The number of sulfone groups is 1. The van der Waals surface area contributed by atoms with Gasteiger partial charge in [-0.15, -0.1) is 0 Å². The van der Waals surface area contributed by atoms with Crippen LogP contribution in [-0.2, 0) is 9.84 Å². The molecular formula is C19H19FN2O5S. The highest BCUT2D eigenvalue weighted by atomic mass is 32.2. The normalized spacial score (nSPS) is 15.4. The van der Waals surface area contributed by atoms with Crippen molar-refractivity contribution in [3.05, 3.63) is 64.0 Å². The van der Waals surface area contributed by atoms with Crippen LogP contribution in [-0.4, -0.2) is 38.5 Å². The van der Waals surface area contributed by atoms with Crippen molar-refractivity contribution >= 4 is 27.0 Å². The molecule has 0 unspecified atom stereocenters. The van der Waals surface area contributed by atoms with E-state index in [1.54, 1.807) is 0 Å². The van der Waals surface area contributed by atoms with Gasteiger partial charge in [-0.1, -0.05) is 0 Å². The van der Waals surface area contributed by atoms with Crippen LogP contribution in [0.1, 0.15) is 23.2 Å². The third-order valence-electron chi connectivity index (χ3n) is 4.90. The molecule has 7 nitrogen and oxygen atoms in total. The van der Waals surface area contributed by atoms with Gasteiger partial charge in [-0.2, -0.15) is 0 Å². The van der Waals surface area contributed by atoms with E-state index in [0.717, 1.165) is 6.26 Å². The van der Waals surface area contributed by atoms with Gasteiger partial charge in [-0.3, -0.25) is 14.9 Å². The van der Waals surface area contributed by atoms with E-state index in [9.17, 15) is 27.7 Å². The summed E-state index contributed by atoms with van der Waals surface area (Å²) in [6.45, 7) is 1.03. The second-order valence-corrected chi connectivity index (χ2v) is 8.80. The molecular weight excluding hydrogens is 387 g/mol. The predicted octanol–water partition coefficient (Wildman–Crippen LogP) is 3.24. The first-order chi connectivity index (χ1) is 13.2. The highest BCUT2D eigenvalue weighted by molar-refractivity contribution is 7.90. The Morgan fingerprint density at radius 3 is 2.29 bits per heavy atom. The number of Topliss-reactive ketones (excluding diaryl/α,β-unsaturated/α-hetero) is 1. The summed E-state index contributed by atoms with van der Waals surface area (Å²) in [6.07, 6.45) is 2.05.